The van der Waals surface area contributed by atoms with Crippen LogP contribution >= 0.6 is 11.3 Å². The second-order valence-electron chi connectivity index (χ2n) is 6.16. The molecule has 2 heterocycles. The maximum atomic E-state index is 14.0. The highest BCUT2D eigenvalue weighted by Gasteiger charge is 2.16. The number of rotatable bonds is 7. The molecule has 2 aromatic carbocycles. The second kappa shape index (κ2) is 7.90. The zero-order chi connectivity index (χ0) is 20.4. The Labute approximate surface area is 170 Å². The van der Waals surface area contributed by atoms with E-state index in [1.165, 1.54) is 36.6 Å². The molecule has 0 amide bonds. The predicted molar refractivity (Wildman–Crippen MR) is 108 cm³/mol. The molecule has 0 saturated carbocycles. The van der Waals surface area contributed by atoms with Crippen LogP contribution in [0.25, 0.3) is 16.3 Å². The summed E-state index contributed by atoms with van der Waals surface area (Å²) in [7, 11) is -2.11. The molecule has 0 unspecified atom stereocenters. The summed E-state index contributed by atoms with van der Waals surface area (Å²) in [6, 6.07) is 12.5. The number of nitrogens with one attached hydrogen (secondary N) is 1. The number of aromatic nitrogens is 3. The number of sulfonamides is 1. The van der Waals surface area contributed by atoms with Crippen molar-refractivity contribution in [3.8, 4) is 17.1 Å². The summed E-state index contributed by atoms with van der Waals surface area (Å²) in [5, 5.41) is 6.24. The van der Waals surface area contributed by atoms with Gasteiger partial charge in [0.15, 0.2) is 5.82 Å². The quantitative estimate of drug-likeness (QED) is 0.485. The lowest BCUT2D eigenvalue weighted by molar-refractivity contribution is 0.414. The zero-order valence-corrected chi connectivity index (χ0v) is 17.0. The van der Waals surface area contributed by atoms with E-state index < -0.39 is 10.0 Å². The lowest BCUT2D eigenvalue weighted by atomic mass is 10.2. The molecule has 4 rings (SSSR count). The molecule has 7 nitrogen and oxygen atoms in total. The van der Waals surface area contributed by atoms with Gasteiger partial charge in [0.05, 0.1) is 23.3 Å². The van der Waals surface area contributed by atoms with Crippen LogP contribution < -0.4 is 9.46 Å². The first-order chi connectivity index (χ1) is 14.0. The van der Waals surface area contributed by atoms with E-state index in [2.05, 4.69) is 14.8 Å². The number of hydrogen-bond donors (Lipinski definition) is 1. The van der Waals surface area contributed by atoms with Crippen molar-refractivity contribution in [1.82, 2.24) is 19.3 Å². The Balaban J connectivity index is 1.48. The van der Waals surface area contributed by atoms with Gasteiger partial charge in [-0.25, -0.2) is 22.0 Å². The largest absolute Gasteiger partial charge is 0.497 e. The maximum Gasteiger partial charge on any atom is 0.240 e. The van der Waals surface area contributed by atoms with Crippen LogP contribution in [-0.4, -0.2) is 36.7 Å². The van der Waals surface area contributed by atoms with E-state index in [1.807, 2.05) is 5.38 Å². The number of halogens is 1. The molecule has 0 spiro atoms. The second-order valence-corrected chi connectivity index (χ2v) is 8.76. The fourth-order valence-electron chi connectivity index (χ4n) is 2.80. The minimum Gasteiger partial charge on any atom is -0.497 e. The van der Waals surface area contributed by atoms with Crippen LogP contribution in [0.4, 0.5) is 4.39 Å². The minimum atomic E-state index is -3.63. The fraction of sp³-hybridized carbons (Fsp3) is 0.158. The zero-order valence-electron chi connectivity index (χ0n) is 15.4. The average molecular weight is 433 g/mol. The van der Waals surface area contributed by atoms with E-state index >= 15 is 0 Å². The SMILES string of the molecule is COc1ccc(S(=O)(=O)NCCc2csc3nc(-c4ccccc4F)nn23)cc1. The molecule has 4 aromatic rings. The van der Waals surface area contributed by atoms with Gasteiger partial charge in [0.1, 0.15) is 11.6 Å². The summed E-state index contributed by atoms with van der Waals surface area (Å²) >= 11 is 1.37. The van der Waals surface area contributed by atoms with Gasteiger partial charge in [-0.05, 0) is 36.4 Å². The van der Waals surface area contributed by atoms with E-state index in [9.17, 15) is 12.8 Å². The van der Waals surface area contributed by atoms with Crippen LogP contribution in [0.5, 0.6) is 5.75 Å². The van der Waals surface area contributed by atoms with Gasteiger partial charge < -0.3 is 4.74 Å². The summed E-state index contributed by atoms with van der Waals surface area (Å²) in [4.78, 5) is 5.15. The van der Waals surface area contributed by atoms with Crippen molar-refractivity contribution in [2.45, 2.75) is 11.3 Å². The molecule has 10 heteroatoms. The Hall–Kier alpha value is -2.82. The van der Waals surface area contributed by atoms with Crippen molar-refractivity contribution < 1.29 is 17.5 Å². The predicted octanol–water partition coefficient (Wildman–Crippen LogP) is 3.13. The standard InChI is InChI=1S/C19H17FN4O3S2/c1-27-14-6-8-15(9-7-14)29(25,26)21-11-10-13-12-28-19-22-18(23-24(13)19)16-4-2-3-5-17(16)20/h2-9,12,21H,10-11H2,1H3. The van der Waals surface area contributed by atoms with Crippen molar-refractivity contribution in [2.75, 3.05) is 13.7 Å². The third kappa shape index (κ3) is 4.00. The molecule has 0 aliphatic carbocycles. The normalized spacial score (nSPS) is 11.8. The molecule has 29 heavy (non-hydrogen) atoms. The summed E-state index contributed by atoms with van der Waals surface area (Å²) in [6.07, 6.45) is 0.412. The number of benzene rings is 2. The molecule has 2 aromatic heterocycles. The molecular weight excluding hydrogens is 415 g/mol. The molecule has 0 saturated heterocycles. The lowest BCUT2D eigenvalue weighted by Gasteiger charge is -2.07. The highest BCUT2D eigenvalue weighted by molar-refractivity contribution is 7.89. The smallest absolute Gasteiger partial charge is 0.240 e. The molecule has 0 aliphatic heterocycles. The van der Waals surface area contributed by atoms with E-state index in [-0.39, 0.29) is 17.3 Å². The first-order valence-electron chi connectivity index (χ1n) is 8.70. The topological polar surface area (TPSA) is 85.6 Å². The van der Waals surface area contributed by atoms with Crippen LogP contribution in [0.3, 0.4) is 0 Å². The molecule has 150 valence electrons. The third-order valence-electron chi connectivity index (χ3n) is 4.31. The summed E-state index contributed by atoms with van der Waals surface area (Å²) in [5.41, 5.74) is 1.12. The third-order valence-corrected chi connectivity index (χ3v) is 6.65. The van der Waals surface area contributed by atoms with E-state index in [1.54, 1.807) is 34.8 Å². The molecule has 0 aliphatic rings. The van der Waals surface area contributed by atoms with Crippen LogP contribution in [0.1, 0.15) is 5.69 Å². The number of hydrogen-bond acceptors (Lipinski definition) is 6. The number of fused-ring (bicyclic) bond motifs is 1. The summed E-state index contributed by atoms with van der Waals surface area (Å²) in [5.74, 6) is 0.496. The van der Waals surface area contributed by atoms with Crippen molar-refractivity contribution in [1.29, 1.82) is 0 Å². The Bertz CT molecular complexity index is 1250. The molecule has 1 N–H and O–H groups in total. The number of thiazole rings is 1. The Kier molecular flexibility index (Phi) is 5.31. The molecule has 0 radical (unpaired) electrons. The Morgan fingerprint density at radius 3 is 2.66 bits per heavy atom. The Morgan fingerprint density at radius 2 is 1.93 bits per heavy atom. The highest BCUT2D eigenvalue weighted by Crippen LogP contribution is 2.23. The monoisotopic (exact) mass is 432 g/mol. The summed E-state index contributed by atoms with van der Waals surface area (Å²) < 4.78 is 48.1. The van der Waals surface area contributed by atoms with Gasteiger partial charge in [-0.15, -0.1) is 16.4 Å². The van der Waals surface area contributed by atoms with E-state index in [4.69, 9.17) is 4.74 Å². The number of methoxy groups -OCH3 is 1. The van der Waals surface area contributed by atoms with Gasteiger partial charge in [-0.1, -0.05) is 12.1 Å². The molecule has 0 bridgehead atoms. The van der Waals surface area contributed by atoms with Crippen molar-refractivity contribution >= 4 is 26.3 Å². The van der Waals surface area contributed by atoms with E-state index in [0.29, 0.717) is 28.5 Å². The fourth-order valence-corrected chi connectivity index (χ4v) is 4.69. The van der Waals surface area contributed by atoms with E-state index in [0.717, 1.165) is 5.69 Å². The van der Waals surface area contributed by atoms with Gasteiger partial charge in [0.25, 0.3) is 0 Å². The molecule has 0 fully saturated rings. The van der Waals surface area contributed by atoms with Gasteiger partial charge in [0, 0.05) is 18.3 Å². The summed E-state index contributed by atoms with van der Waals surface area (Å²) in [6.45, 7) is 0.190. The molecule has 0 atom stereocenters. The van der Waals surface area contributed by atoms with Crippen LogP contribution in [0.2, 0.25) is 0 Å². The van der Waals surface area contributed by atoms with Crippen molar-refractivity contribution in [3.63, 3.8) is 0 Å². The first kappa shape index (κ1) is 19.5. The minimum absolute atomic E-state index is 0.163. The Morgan fingerprint density at radius 1 is 1.17 bits per heavy atom. The first-order valence-corrected chi connectivity index (χ1v) is 11.1. The van der Waals surface area contributed by atoms with Crippen molar-refractivity contribution in [3.05, 3.63) is 65.4 Å². The number of ether oxygens (including phenoxy) is 1. The lowest BCUT2D eigenvalue weighted by Crippen LogP contribution is -2.26. The van der Waals surface area contributed by atoms with Gasteiger partial charge in [-0.2, -0.15) is 4.98 Å². The van der Waals surface area contributed by atoms with Gasteiger partial charge in [-0.3, -0.25) is 0 Å². The van der Waals surface area contributed by atoms with Crippen molar-refractivity contribution in [2.24, 2.45) is 0 Å². The highest BCUT2D eigenvalue weighted by atomic mass is 32.2. The van der Waals surface area contributed by atoms with Crippen LogP contribution in [0.15, 0.2) is 58.8 Å². The van der Waals surface area contributed by atoms with Crippen LogP contribution in [-0.2, 0) is 16.4 Å². The van der Waals surface area contributed by atoms with Gasteiger partial charge >= 0.3 is 0 Å². The average Bonchev–Trinajstić information content (AvgIpc) is 3.30. The maximum absolute atomic E-state index is 14.0. The number of nitrogens with zero attached hydrogens (tertiary/aromatic N) is 3. The van der Waals surface area contributed by atoms with Crippen LogP contribution in [0, 0.1) is 5.82 Å². The van der Waals surface area contributed by atoms with Gasteiger partial charge in [0.2, 0.25) is 15.0 Å². The molecular formula is C19H17FN4O3S2.